The molecule has 0 bridgehead atoms. The molecule has 1 aliphatic heterocycles. The summed E-state index contributed by atoms with van der Waals surface area (Å²) in [5, 5.41) is 0. The second-order valence-corrected chi connectivity index (χ2v) is 5.65. The largest absolute Gasteiger partial charge is 0.416 e. The standard InChI is InChI=1S/C18H17F3N2/c1-12(22)17-10-13-6-5-9-16(18(19,20)21)15(13)11-23(17)14-7-3-2-4-8-14/h2-10,12H,11,22H2,1H3. The Bertz CT molecular complexity index is 734. The van der Waals surface area contributed by atoms with Crippen LogP contribution in [0.2, 0.25) is 0 Å². The summed E-state index contributed by atoms with van der Waals surface area (Å²) in [4.78, 5) is 1.85. The number of hydrogen-bond donors (Lipinski definition) is 1. The van der Waals surface area contributed by atoms with Gasteiger partial charge in [0.2, 0.25) is 0 Å². The van der Waals surface area contributed by atoms with Gasteiger partial charge < -0.3 is 10.6 Å². The van der Waals surface area contributed by atoms with Gasteiger partial charge in [-0.05, 0) is 42.3 Å². The van der Waals surface area contributed by atoms with E-state index in [1.165, 1.54) is 6.07 Å². The number of halogens is 3. The van der Waals surface area contributed by atoms with E-state index < -0.39 is 11.7 Å². The van der Waals surface area contributed by atoms with E-state index >= 15 is 0 Å². The molecule has 0 amide bonds. The zero-order chi connectivity index (χ0) is 16.6. The van der Waals surface area contributed by atoms with Crippen molar-refractivity contribution in [2.45, 2.75) is 25.7 Å². The number of rotatable bonds is 2. The molecule has 1 atom stereocenters. The molecule has 1 aliphatic rings. The number of para-hydroxylation sites is 1. The van der Waals surface area contributed by atoms with Crippen molar-refractivity contribution in [1.82, 2.24) is 0 Å². The third kappa shape index (κ3) is 2.97. The van der Waals surface area contributed by atoms with Gasteiger partial charge in [0.1, 0.15) is 0 Å². The zero-order valence-corrected chi connectivity index (χ0v) is 12.6. The van der Waals surface area contributed by atoms with E-state index in [4.69, 9.17) is 5.73 Å². The van der Waals surface area contributed by atoms with Crippen LogP contribution in [-0.2, 0) is 12.7 Å². The lowest BCUT2D eigenvalue weighted by Crippen LogP contribution is -2.35. The lowest BCUT2D eigenvalue weighted by atomic mass is 9.94. The fraction of sp³-hybridized carbons (Fsp3) is 0.222. The minimum Gasteiger partial charge on any atom is -0.339 e. The molecule has 0 saturated carbocycles. The van der Waals surface area contributed by atoms with Crippen LogP contribution in [-0.4, -0.2) is 6.04 Å². The van der Waals surface area contributed by atoms with Crippen molar-refractivity contribution in [2.75, 3.05) is 4.90 Å². The van der Waals surface area contributed by atoms with Crippen molar-refractivity contribution in [3.05, 3.63) is 70.9 Å². The highest BCUT2D eigenvalue weighted by Crippen LogP contribution is 2.38. The summed E-state index contributed by atoms with van der Waals surface area (Å²) in [5.74, 6) is 0. The molecule has 0 aliphatic carbocycles. The third-order valence-electron chi connectivity index (χ3n) is 3.98. The highest BCUT2D eigenvalue weighted by atomic mass is 19.4. The molecule has 0 saturated heterocycles. The van der Waals surface area contributed by atoms with Gasteiger partial charge in [-0.2, -0.15) is 13.2 Å². The highest BCUT2D eigenvalue weighted by molar-refractivity contribution is 5.70. The molecule has 1 unspecified atom stereocenters. The summed E-state index contributed by atoms with van der Waals surface area (Å²) in [7, 11) is 0. The number of nitrogens with zero attached hydrogens (tertiary/aromatic N) is 1. The Morgan fingerprint density at radius 1 is 1.04 bits per heavy atom. The van der Waals surface area contributed by atoms with Crippen LogP contribution in [0.3, 0.4) is 0 Å². The van der Waals surface area contributed by atoms with Crippen LogP contribution in [0.1, 0.15) is 23.6 Å². The van der Waals surface area contributed by atoms with Crippen LogP contribution in [0, 0.1) is 0 Å². The minimum atomic E-state index is -4.37. The van der Waals surface area contributed by atoms with Crippen LogP contribution in [0.5, 0.6) is 0 Å². The molecule has 23 heavy (non-hydrogen) atoms. The second kappa shape index (κ2) is 5.74. The van der Waals surface area contributed by atoms with Gasteiger partial charge in [0.25, 0.3) is 0 Å². The van der Waals surface area contributed by atoms with Crippen LogP contribution < -0.4 is 10.6 Å². The van der Waals surface area contributed by atoms with Gasteiger partial charge in [-0.15, -0.1) is 0 Å². The van der Waals surface area contributed by atoms with Crippen molar-refractivity contribution < 1.29 is 13.2 Å². The molecule has 0 fully saturated rings. The van der Waals surface area contributed by atoms with Crippen molar-refractivity contribution >= 4 is 11.8 Å². The number of anilines is 1. The second-order valence-electron chi connectivity index (χ2n) is 5.65. The van der Waals surface area contributed by atoms with E-state index in [-0.39, 0.29) is 18.2 Å². The van der Waals surface area contributed by atoms with Crippen molar-refractivity contribution in [2.24, 2.45) is 5.73 Å². The first-order chi connectivity index (χ1) is 10.9. The maximum absolute atomic E-state index is 13.3. The van der Waals surface area contributed by atoms with Crippen LogP contribution in [0.15, 0.2) is 54.2 Å². The maximum atomic E-state index is 13.3. The predicted molar refractivity (Wildman–Crippen MR) is 85.7 cm³/mol. The molecule has 0 spiro atoms. The molecule has 120 valence electrons. The van der Waals surface area contributed by atoms with E-state index in [9.17, 15) is 13.2 Å². The SMILES string of the molecule is CC(N)C1=Cc2cccc(C(F)(F)F)c2CN1c1ccccc1. The lowest BCUT2D eigenvalue weighted by Gasteiger charge is -2.35. The molecule has 3 rings (SSSR count). The topological polar surface area (TPSA) is 29.3 Å². The molecule has 1 heterocycles. The summed E-state index contributed by atoms with van der Waals surface area (Å²) in [6.07, 6.45) is -2.61. The first kappa shape index (κ1) is 15.6. The molecule has 2 nitrogen and oxygen atoms in total. The number of fused-ring (bicyclic) bond motifs is 1. The Morgan fingerprint density at radius 3 is 2.35 bits per heavy atom. The molecule has 2 aromatic carbocycles. The molecule has 0 radical (unpaired) electrons. The molecule has 5 heteroatoms. The Hall–Kier alpha value is -2.27. The van der Waals surface area contributed by atoms with Crippen molar-refractivity contribution in [3.8, 4) is 0 Å². The van der Waals surface area contributed by atoms with Crippen LogP contribution >= 0.6 is 0 Å². The van der Waals surface area contributed by atoms with Gasteiger partial charge in [0.05, 0.1) is 5.56 Å². The smallest absolute Gasteiger partial charge is 0.339 e. The quantitative estimate of drug-likeness (QED) is 0.888. The third-order valence-corrected chi connectivity index (χ3v) is 3.98. The van der Waals surface area contributed by atoms with Crippen molar-refractivity contribution in [3.63, 3.8) is 0 Å². The van der Waals surface area contributed by atoms with Crippen LogP contribution in [0.4, 0.5) is 18.9 Å². The van der Waals surface area contributed by atoms with E-state index in [1.54, 1.807) is 12.1 Å². The first-order valence-electron chi connectivity index (χ1n) is 7.37. The van der Waals surface area contributed by atoms with Crippen LogP contribution in [0.25, 0.3) is 6.08 Å². The first-order valence-corrected chi connectivity index (χ1v) is 7.37. The number of nitrogens with two attached hydrogens (primary N) is 1. The van der Waals surface area contributed by atoms with Gasteiger partial charge in [-0.25, -0.2) is 0 Å². The zero-order valence-electron chi connectivity index (χ0n) is 12.6. The average molecular weight is 318 g/mol. The highest BCUT2D eigenvalue weighted by Gasteiger charge is 2.36. The number of alkyl halides is 3. The Kier molecular flexibility index (Phi) is 3.90. The Morgan fingerprint density at radius 2 is 1.74 bits per heavy atom. The maximum Gasteiger partial charge on any atom is 0.416 e. The normalized spacial score (nSPS) is 15.9. The fourth-order valence-corrected chi connectivity index (χ4v) is 2.89. The molecule has 0 aromatic heterocycles. The van der Waals surface area contributed by atoms with Gasteiger partial charge in [-0.1, -0.05) is 30.3 Å². The van der Waals surface area contributed by atoms with E-state index in [0.717, 1.165) is 17.5 Å². The van der Waals surface area contributed by atoms with Gasteiger partial charge in [0.15, 0.2) is 0 Å². The molecular weight excluding hydrogens is 301 g/mol. The monoisotopic (exact) mass is 318 g/mol. The summed E-state index contributed by atoms with van der Waals surface area (Å²) < 4.78 is 39.9. The average Bonchev–Trinajstić information content (AvgIpc) is 2.52. The summed E-state index contributed by atoms with van der Waals surface area (Å²) >= 11 is 0. The van der Waals surface area contributed by atoms with E-state index in [0.29, 0.717) is 5.56 Å². The predicted octanol–water partition coefficient (Wildman–Crippen LogP) is 4.41. The Balaban J connectivity index is 2.15. The number of benzene rings is 2. The van der Waals surface area contributed by atoms with E-state index in [2.05, 4.69) is 0 Å². The van der Waals surface area contributed by atoms with Crippen molar-refractivity contribution in [1.29, 1.82) is 0 Å². The Labute approximate surface area is 133 Å². The van der Waals surface area contributed by atoms with E-state index in [1.807, 2.05) is 42.2 Å². The molecule has 2 N–H and O–H groups in total. The van der Waals surface area contributed by atoms with Gasteiger partial charge >= 0.3 is 6.18 Å². The molecule has 2 aromatic rings. The van der Waals surface area contributed by atoms with Gasteiger partial charge in [-0.3, -0.25) is 0 Å². The summed E-state index contributed by atoms with van der Waals surface area (Å²) in [6, 6.07) is 13.3. The van der Waals surface area contributed by atoms with Gasteiger partial charge in [0, 0.05) is 24.0 Å². The number of hydrogen-bond acceptors (Lipinski definition) is 2. The molecular formula is C18H17F3N2. The summed E-state index contributed by atoms with van der Waals surface area (Å²) in [6.45, 7) is 1.99. The fourth-order valence-electron chi connectivity index (χ4n) is 2.89. The lowest BCUT2D eigenvalue weighted by molar-refractivity contribution is -0.138. The minimum absolute atomic E-state index is 0.155. The summed E-state index contributed by atoms with van der Waals surface area (Å²) in [5.41, 5.74) is 7.97.